The van der Waals surface area contributed by atoms with Crippen molar-refractivity contribution in [3.05, 3.63) is 93.7 Å². The Morgan fingerprint density at radius 3 is 2.30 bits per heavy atom. The third-order valence-electron chi connectivity index (χ3n) is 13.6. The Morgan fingerprint density at radius 1 is 0.986 bits per heavy atom. The number of aryl methyl sites for hydroxylation is 1. The van der Waals surface area contributed by atoms with Crippen molar-refractivity contribution in [3.63, 3.8) is 0 Å². The fraction of sp³-hybridized carbons (Fsp3) is 0.510. The minimum absolute atomic E-state index is 0.0504. The van der Waals surface area contributed by atoms with E-state index in [0.717, 1.165) is 53.7 Å². The maximum absolute atomic E-state index is 14.0. The summed E-state index contributed by atoms with van der Waals surface area (Å²) in [5, 5.41) is 18.7. The van der Waals surface area contributed by atoms with Gasteiger partial charge in [-0.3, -0.25) is 24.1 Å². The van der Waals surface area contributed by atoms with Gasteiger partial charge < -0.3 is 40.0 Å². The first kappa shape index (κ1) is 51.2. The van der Waals surface area contributed by atoms with E-state index >= 15 is 0 Å². The molecule has 69 heavy (non-hydrogen) atoms. The summed E-state index contributed by atoms with van der Waals surface area (Å²) in [6.45, 7) is 21.4. The molecule has 368 valence electrons. The first-order valence-electron chi connectivity index (χ1n) is 23.4. The van der Waals surface area contributed by atoms with Crippen molar-refractivity contribution in [1.29, 1.82) is 5.26 Å². The zero-order valence-corrected chi connectivity index (χ0v) is 42.5. The zero-order valence-electron chi connectivity index (χ0n) is 40.9. The van der Waals surface area contributed by atoms with Gasteiger partial charge >= 0.3 is 0 Å². The molecule has 4 aromatic rings. The van der Waals surface area contributed by atoms with Gasteiger partial charge in [0.25, 0.3) is 5.91 Å². The third kappa shape index (κ3) is 11.5. The van der Waals surface area contributed by atoms with E-state index in [1.807, 2.05) is 70.5 Å². The fourth-order valence-corrected chi connectivity index (χ4v) is 10.9. The summed E-state index contributed by atoms with van der Waals surface area (Å²) < 4.78 is 17.8. The first-order valence-corrected chi connectivity index (χ1v) is 24.6. The van der Waals surface area contributed by atoms with Crippen molar-refractivity contribution < 1.29 is 33.4 Å². The number of nitrogens with one attached hydrogen (secondary N) is 3. The molecule has 3 aliphatic rings. The van der Waals surface area contributed by atoms with E-state index in [9.17, 15) is 24.4 Å². The maximum Gasteiger partial charge on any atom is 0.253 e. The molecule has 2 saturated heterocycles. The largest absolute Gasteiger partial charge is 0.489 e. The number of nitriles is 1. The number of rotatable bonds is 16. The van der Waals surface area contributed by atoms with Gasteiger partial charge in [0.15, 0.2) is 0 Å². The molecular formula is C51H64ClN9O7S. The van der Waals surface area contributed by atoms with Crippen molar-refractivity contribution >= 4 is 52.4 Å². The summed E-state index contributed by atoms with van der Waals surface area (Å²) in [6, 6.07) is 16.5. The van der Waals surface area contributed by atoms with Crippen LogP contribution in [0, 0.1) is 34.5 Å². The molecule has 0 spiro atoms. The highest BCUT2D eigenvalue weighted by molar-refractivity contribution is 7.13. The highest BCUT2D eigenvalue weighted by Crippen LogP contribution is 2.55. The Hall–Kier alpha value is -5.64. The van der Waals surface area contributed by atoms with Crippen molar-refractivity contribution in [3.8, 4) is 22.3 Å². The smallest absolute Gasteiger partial charge is 0.253 e. The number of halogens is 1. The lowest BCUT2D eigenvalue weighted by atomic mass is 9.49. The lowest BCUT2D eigenvalue weighted by Crippen LogP contribution is -2.74. The predicted octanol–water partition coefficient (Wildman–Crippen LogP) is 6.38. The molecule has 2 aromatic carbocycles. The number of nitrogens with zero attached hydrogens (tertiary/aromatic N) is 6. The normalized spacial score (nSPS) is 20.8. The number of hydrogen-bond acceptors (Lipinski definition) is 13. The molecule has 3 atom stereocenters. The van der Waals surface area contributed by atoms with Crippen LogP contribution in [0.1, 0.15) is 88.6 Å². The summed E-state index contributed by atoms with van der Waals surface area (Å²) in [4.78, 5) is 70.2. The van der Waals surface area contributed by atoms with Gasteiger partial charge in [-0.05, 0) is 54.7 Å². The Labute approximate surface area is 414 Å². The van der Waals surface area contributed by atoms with Crippen LogP contribution in [0.25, 0.3) is 10.4 Å². The number of pyridine rings is 1. The van der Waals surface area contributed by atoms with Crippen molar-refractivity contribution in [1.82, 2.24) is 35.7 Å². The second-order valence-corrected chi connectivity index (χ2v) is 21.7. The SMILES string of the molecule is Cc1ncsc1-c1ccc([C@H](C)NC(=O)[C@@H]2COCN2C(=O)[C@@H](NC(=O)COCCN2CCN(c3ccc(C(=O)NC4C(C)(C)C(Oc5ccc(C#N)c(Cl)c5)C4(C)C)cn3)CC2)C(C)(C)C)cc1. The van der Waals surface area contributed by atoms with Crippen LogP contribution in [0.2, 0.25) is 5.02 Å². The van der Waals surface area contributed by atoms with Gasteiger partial charge in [-0.15, -0.1) is 11.3 Å². The van der Waals surface area contributed by atoms with Crippen LogP contribution in [0.3, 0.4) is 0 Å². The van der Waals surface area contributed by atoms with Crippen molar-refractivity contribution in [2.75, 3.05) is 64.2 Å². The first-order chi connectivity index (χ1) is 32.7. The number of carbonyl (C=O) groups is 4. The molecule has 16 nitrogen and oxygen atoms in total. The number of carbonyl (C=O) groups excluding carboxylic acids is 4. The summed E-state index contributed by atoms with van der Waals surface area (Å²) in [6.07, 6.45) is 1.40. The van der Waals surface area contributed by atoms with Crippen LogP contribution in [-0.4, -0.2) is 127 Å². The van der Waals surface area contributed by atoms with Gasteiger partial charge in [0.1, 0.15) is 49.2 Å². The minimum Gasteiger partial charge on any atom is -0.489 e. The summed E-state index contributed by atoms with van der Waals surface area (Å²) in [5.41, 5.74) is 4.17. The van der Waals surface area contributed by atoms with E-state index < -0.39 is 40.1 Å². The van der Waals surface area contributed by atoms with Gasteiger partial charge in [0.05, 0.1) is 51.5 Å². The summed E-state index contributed by atoms with van der Waals surface area (Å²) in [5.74, 6) is -0.00246. The monoisotopic (exact) mass is 981 g/mol. The number of benzene rings is 2. The van der Waals surface area contributed by atoms with Crippen molar-refractivity contribution in [2.45, 2.75) is 92.6 Å². The van der Waals surface area contributed by atoms with Gasteiger partial charge in [0, 0.05) is 61.9 Å². The standard InChI is InChI=1S/C51H64ClN9O7S/c1-31(33-10-12-34(13-11-33)42-32(2)55-29-69-42)56-45(64)39-27-67-30-61(39)46(65)43(49(3,4)5)57-41(62)28-66-23-22-59-18-20-60(21-19-59)40-17-15-36(26-54-40)44(63)58-47-50(6,7)48(51(47,8)9)68-37-16-14-35(25-53)38(52)24-37/h10-17,24,26,29,31,39,43,47-48H,18-23,27-28,30H2,1-9H3,(H,56,64)(H,57,62)(H,58,63)/t31-,39-,43+,47?,48?/m0/s1. The maximum atomic E-state index is 14.0. The molecule has 18 heteroatoms. The Kier molecular flexibility index (Phi) is 15.7. The number of thiazole rings is 1. The van der Waals surface area contributed by atoms with Crippen molar-refractivity contribution in [2.24, 2.45) is 16.2 Å². The average Bonchev–Trinajstić information content (AvgIpc) is 4.00. The number of hydrogen-bond donors (Lipinski definition) is 3. The molecule has 3 fully saturated rings. The highest BCUT2D eigenvalue weighted by atomic mass is 35.5. The van der Waals surface area contributed by atoms with E-state index in [1.165, 1.54) is 4.90 Å². The molecule has 0 radical (unpaired) electrons. The second-order valence-electron chi connectivity index (χ2n) is 20.4. The van der Waals surface area contributed by atoms with E-state index in [4.69, 9.17) is 25.8 Å². The van der Waals surface area contributed by atoms with E-state index in [2.05, 4.69) is 69.5 Å². The molecule has 2 aromatic heterocycles. The van der Waals surface area contributed by atoms with Gasteiger partial charge in [0.2, 0.25) is 17.7 Å². The molecule has 1 saturated carbocycles. The summed E-state index contributed by atoms with van der Waals surface area (Å²) >= 11 is 7.84. The topological polar surface area (TPSA) is 191 Å². The fourth-order valence-electron chi connectivity index (χ4n) is 9.87. The molecule has 3 N–H and O–H groups in total. The van der Waals surface area contributed by atoms with Crippen LogP contribution in [0.15, 0.2) is 66.3 Å². The Morgan fingerprint density at radius 2 is 1.70 bits per heavy atom. The van der Waals surface area contributed by atoms with E-state index in [0.29, 0.717) is 35.1 Å². The summed E-state index contributed by atoms with van der Waals surface area (Å²) in [7, 11) is 0. The molecule has 0 unspecified atom stereocenters. The second kappa shape index (κ2) is 21.2. The van der Waals surface area contributed by atoms with Crippen LogP contribution in [0.5, 0.6) is 5.75 Å². The molecule has 7 rings (SSSR count). The minimum atomic E-state index is -0.923. The van der Waals surface area contributed by atoms with Crippen LogP contribution < -0.4 is 25.6 Å². The molecule has 4 heterocycles. The molecule has 4 amide bonds. The highest BCUT2D eigenvalue weighted by Gasteiger charge is 2.64. The molecule has 2 aliphatic heterocycles. The van der Waals surface area contributed by atoms with Crippen LogP contribution in [0.4, 0.5) is 5.82 Å². The van der Waals surface area contributed by atoms with Crippen LogP contribution >= 0.6 is 22.9 Å². The predicted molar refractivity (Wildman–Crippen MR) is 265 cm³/mol. The lowest BCUT2D eigenvalue weighted by molar-refractivity contribution is -0.164. The number of anilines is 1. The lowest BCUT2D eigenvalue weighted by Gasteiger charge is -2.63. The zero-order chi connectivity index (χ0) is 49.8. The van der Waals surface area contributed by atoms with E-state index in [-0.39, 0.29) is 49.9 Å². The Balaban J connectivity index is 0.822. The Bertz CT molecular complexity index is 2520. The van der Waals surface area contributed by atoms with Gasteiger partial charge in [-0.2, -0.15) is 5.26 Å². The quantitative estimate of drug-likeness (QED) is 0.105. The number of amides is 4. The third-order valence-corrected chi connectivity index (χ3v) is 14.9. The molecule has 0 bridgehead atoms. The molecular weight excluding hydrogens is 918 g/mol. The van der Waals surface area contributed by atoms with Crippen LogP contribution in [-0.2, 0) is 23.9 Å². The van der Waals surface area contributed by atoms with Gasteiger partial charge in [-0.25, -0.2) is 9.97 Å². The van der Waals surface area contributed by atoms with E-state index in [1.54, 1.807) is 41.8 Å². The number of piperazine rings is 1. The average molecular weight is 983 g/mol. The van der Waals surface area contributed by atoms with Gasteiger partial charge in [-0.1, -0.05) is 84.3 Å². The molecule has 1 aliphatic carbocycles. The number of aromatic nitrogens is 2. The number of ether oxygens (including phenoxy) is 3.